The van der Waals surface area contributed by atoms with E-state index in [-0.39, 0.29) is 6.29 Å². The monoisotopic (exact) mass is 186 g/mol. The zero-order chi connectivity index (χ0) is 9.36. The third-order valence-corrected chi connectivity index (χ3v) is 2.35. The largest absolute Gasteiger partial charge is 0.350 e. The van der Waals surface area contributed by atoms with E-state index in [1.54, 1.807) is 0 Å². The van der Waals surface area contributed by atoms with Gasteiger partial charge in [0.1, 0.15) is 6.61 Å². The summed E-state index contributed by atoms with van der Waals surface area (Å²) in [4.78, 5) is 0. The predicted molar refractivity (Wildman–Crippen MR) is 53.7 cm³/mol. The van der Waals surface area contributed by atoms with Gasteiger partial charge in [-0.25, -0.2) is 0 Å². The highest BCUT2D eigenvalue weighted by Gasteiger charge is 2.22. The van der Waals surface area contributed by atoms with E-state index in [9.17, 15) is 0 Å². The molecule has 2 heteroatoms. The van der Waals surface area contributed by atoms with Gasteiger partial charge in [0.05, 0.1) is 0 Å². The van der Waals surface area contributed by atoms with Crippen LogP contribution < -0.4 is 0 Å². The van der Waals surface area contributed by atoms with E-state index < -0.39 is 0 Å². The third kappa shape index (κ3) is 7.03. The predicted octanol–water partition coefficient (Wildman–Crippen LogP) is 3.11. The molecule has 0 aromatic carbocycles. The molecule has 13 heavy (non-hydrogen) atoms. The van der Waals surface area contributed by atoms with Crippen molar-refractivity contribution in [2.75, 3.05) is 13.2 Å². The van der Waals surface area contributed by atoms with E-state index >= 15 is 0 Å². The Hall–Kier alpha value is -0.0800. The first-order valence-electron chi connectivity index (χ1n) is 5.66. The summed E-state index contributed by atoms with van der Waals surface area (Å²) in [7, 11) is 0. The van der Waals surface area contributed by atoms with Gasteiger partial charge in [-0.1, -0.05) is 45.4 Å². The fourth-order valence-corrected chi connectivity index (χ4v) is 1.41. The minimum absolute atomic E-state index is 0.153. The fourth-order valence-electron chi connectivity index (χ4n) is 1.41. The van der Waals surface area contributed by atoms with Crippen LogP contribution in [0.1, 0.15) is 51.9 Å². The highest BCUT2D eigenvalue weighted by Crippen LogP contribution is 2.12. The Morgan fingerprint density at radius 1 is 1.08 bits per heavy atom. The van der Waals surface area contributed by atoms with Crippen molar-refractivity contribution < 1.29 is 9.47 Å². The van der Waals surface area contributed by atoms with Gasteiger partial charge < -0.3 is 9.47 Å². The van der Waals surface area contributed by atoms with Crippen LogP contribution in [0.4, 0.5) is 0 Å². The molecule has 0 bridgehead atoms. The van der Waals surface area contributed by atoms with Gasteiger partial charge in [0, 0.05) is 6.61 Å². The van der Waals surface area contributed by atoms with Crippen LogP contribution in [0.2, 0.25) is 0 Å². The lowest BCUT2D eigenvalue weighted by molar-refractivity contribution is 0.0478. The summed E-state index contributed by atoms with van der Waals surface area (Å²) in [5.74, 6) is 0. The molecule has 1 atom stereocenters. The van der Waals surface area contributed by atoms with Crippen molar-refractivity contribution in [2.24, 2.45) is 0 Å². The van der Waals surface area contributed by atoms with Crippen LogP contribution in [0.3, 0.4) is 0 Å². The van der Waals surface area contributed by atoms with Gasteiger partial charge in [-0.2, -0.15) is 0 Å². The zero-order valence-electron chi connectivity index (χ0n) is 8.76. The average molecular weight is 186 g/mol. The van der Waals surface area contributed by atoms with Gasteiger partial charge in [-0.15, -0.1) is 0 Å². The molecule has 78 valence electrons. The standard InChI is InChI=1S/C11H22O2/c1-2-3-4-5-6-7-8-9-12-11-10-13-11/h11H,2-10H2,1H3. The number of unbranched alkanes of at least 4 members (excludes halogenated alkanes) is 6. The fraction of sp³-hybridized carbons (Fsp3) is 1.00. The van der Waals surface area contributed by atoms with Crippen LogP contribution in [0.25, 0.3) is 0 Å². The minimum atomic E-state index is 0.153. The molecule has 1 unspecified atom stereocenters. The molecule has 0 amide bonds. The molecular formula is C11H22O2. The van der Waals surface area contributed by atoms with E-state index in [2.05, 4.69) is 6.92 Å². The summed E-state index contributed by atoms with van der Waals surface area (Å²) in [6.45, 7) is 3.96. The summed E-state index contributed by atoms with van der Waals surface area (Å²) in [6.07, 6.45) is 9.57. The highest BCUT2D eigenvalue weighted by atomic mass is 16.8. The van der Waals surface area contributed by atoms with E-state index in [0.717, 1.165) is 13.2 Å². The lowest BCUT2D eigenvalue weighted by atomic mass is 10.1. The Balaban J connectivity index is 1.63. The second-order valence-corrected chi connectivity index (χ2v) is 3.76. The van der Waals surface area contributed by atoms with Crippen LogP contribution in [0.15, 0.2) is 0 Å². The Labute approximate surface area is 81.6 Å². The average Bonchev–Trinajstić information content (AvgIpc) is 2.93. The van der Waals surface area contributed by atoms with Gasteiger partial charge in [0.25, 0.3) is 0 Å². The lowest BCUT2D eigenvalue weighted by Crippen LogP contribution is -1.97. The molecule has 2 nitrogen and oxygen atoms in total. The summed E-state index contributed by atoms with van der Waals surface area (Å²) in [5, 5.41) is 0. The summed E-state index contributed by atoms with van der Waals surface area (Å²) in [6, 6.07) is 0. The highest BCUT2D eigenvalue weighted by molar-refractivity contribution is 4.55. The van der Waals surface area contributed by atoms with E-state index in [4.69, 9.17) is 9.47 Å². The summed E-state index contributed by atoms with van der Waals surface area (Å²) < 4.78 is 10.3. The van der Waals surface area contributed by atoms with Crippen LogP contribution in [0.5, 0.6) is 0 Å². The molecule has 1 fully saturated rings. The number of epoxide rings is 1. The van der Waals surface area contributed by atoms with Crippen LogP contribution in [0, 0.1) is 0 Å². The Morgan fingerprint density at radius 2 is 1.69 bits per heavy atom. The molecule has 1 heterocycles. The van der Waals surface area contributed by atoms with Crippen LogP contribution >= 0.6 is 0 Å². The molecule has 0 aromatic heterocycles. The van der Waals surface area contributed by atoms with Crippen LogP contribution in [-0.2, 0) is 9.47 Å². The van der Waals surface area contributed by atoms with E-state index in [0.29, 0.717) is 0 Å². The van der Waals surface area contributed by atoms with Crippen molar-refractivity contribution in [2.45, 2.75) is 58.2 Å². The molecule has 0 aromatic rings. The van der Waals surface area contributed by atoms with Gasteiger partial charge in [-0.3, -0.25) is 0 Å². The van der Waals surface area contributed by atoms with Gasteiger partial charge in [-0.05, 0) is 6.42 Å². The normalized spacial score (nSPS) is 20.5. The Kier molecular flexibility index (Phi) is 6.21. The lowest BCUT2D eigenvalue weighted by Gasteiger charge is -2.01. The maximum atomic E-state index is 5.36. The molecule has 0 aliphatic carbocycles. The first-order chi connectivity index (χ1) is 6.43. The molecule has 1 aliphatic heterocycles. The number of hydrogen-bond acceptors (Lipinski definition) is 2. The summed E-state index contributed by atoms with van der Waals surface area (Å²) >= 11 is 0. The number of ether oxygens (including phenoxy) is 2. The first kappa shape index (κ1) is 11.0. The molecule has 0 radical (unpaired) electrons. The van der Waals surface area contributed by atoms with Crippen molar-refractivity contribution in [3.8, 4) is 0 Å². The third-order valence-electron chi connectivity index (χ3n) is 2.35. The molecular weight excluding hydrogens is 164 g/mol. The molecule has 0 spiro atoms. The topological polar surface area (TPSA) is 21.8 Å². The molecule has 1 rings (SSSR count). The van der Waals surface area contributed by atoms with Crippen molar-refractivity contribution in [1.29, 1.82) is 0 Å². The second-order valence-electron chi connectivity index (χ2n) is 3.76. The summed E-state index contributed by atoms with van der Waals surface area (Å²) in [5.41, 5.74) is 0. The van der Waals surface area contributed by atoms with Crippen molar-refractivity contribution in [3.63, 3.8) is 0 Å². The molecule has 0 N–H and O–H groups in total. The minimum Gasteiger partial charge on any atom is -0.350 e. The van der Waals surface area contributed by atoms with Gasteiger partial charge >= 0.3 is 0 Å². The van der Waals surface area contributed by atoms with Crippen molar-refractivity contribution in [1.82, 2.24) is 0 Å². The van der Waals surface area contributed by atoms with E-state index in [1.807, 2.05) is 0 Å². The molecule has 1 saturated heterocycles. The van der Waals surface area contributed by atoms with Gasteiger partial charge in [0.15, 0.2) is 6.29 Å². The maximum Gasteiger partial charge on any atom is 0.181 e. The second kappa shape index (κ2) is 7.34. The smallest absolute Gasteiger partial charge is 0.181 e. The number of hydrogen-bond donors (Lipinski definition) is 0. The maximum absolute atomic E-state index is 5.36. The zero-order valence-corrected chi connectivity index (χ0v) is 8.76. The van der Waals surface area contributed by atoms with Crippen LogP contribution in [-0.4, -0.2) is 19.5 Å². The van der Waals surface area contributed by atoms with E-state index in [1.165, 1.54) is 44.9 Å². The first-order valence-corrected chi connectivity index (χ1v) is 5.66. The Bertz CT molecular complexity index is 111. The SMILES string of the molecule is CCCCCCCCCOC1CO1. The molecule has 1 aliphatic rings. The Morgan fingerprint density at radius 3 is 2.31 bits per heavy atom. The quantitative estimate of drug-likeness (QED) is 0.407. The molecule has 0 saturated carbocycles. The van der Waals surface area contributed by atoms with Crippen molar-refractivity contribution in [3.05, 3.63) is 0 Å². The van der Waals surface area contributed by atoms with Gasteiger partial charge in [0.2, 0.25) is 0 Å². The van der Waals surface area contributed by atoms with Crippen molar-refractivity contribution >= 4 is 0 Å². The number of rotatable bonds is 9.